The van der Waals surface area contributed by atoms with Crippen molar-refractivity contribution >= 4 is 12.1 Å². The summed E-state index contributed by atoms with van der Waals surface area (Å²) in [6.07, 6.45) is -4.66. The average Bonchev–Trinajstić information content (AvgIpc) is 3.26. The maximum atomic E-state index is 11.7. The Kier molecular flexibility index (Phi) is 5.64. The van der Waals surface area contributed by atoms with Crippen LogP contribution in [0.4, 0.5) is 4.79 Å². The number of carbonyl (C=O) groups is 2. The molecule has 4 atom stereocenters. The van der Waals surface area contributed by atoms with Crippen LogP contribution in [0.2, 0.25) is 0 Å². The number of carbonyl (C=O) groups excluding carboxylic acids is 2. The Bertz CT molecular complexity index is 797. The fraction of sp³-hybridized carbons (Fsp3) is 0.375. The fourth-order valence-electron chi connectivity index (χ4n) is 2.50. The molecule has 1 aliphatic rings. The van der Waals surface area contributed by atoms with Gasteiger partial charge in [0, 0.05) is 0 Å². The van der Waals surface area contributed by atoms with Crippen molar-refractivity contribution in [2.75, 3.05) is 6.61 Å². The Labute approximate surface area is 153 Å². The summed E-state index contributed by atoms with van der Waals surface area (Å²) in [4.78, 5) is 26.4. The van der Waals surface area contributed by atoms with Gasteiger partial charge in [-0.15, -0.1) is 5.10 Å². The van der Waals surface area contributed by atoms with E-state index < -0.39 is 36.6 Å². The SMILES string of the molecule is NC(=O)c1ncn([C@@H]2O[C@H](COC(=O)OCc3ccccc3)C(O)[C@H]2O)n1. The first-order valence-corrected chi connectivity index (χ1v) is 8.01. The molecule has 2 heterocycles. The van der Waals surface area contributed by atoms with E-state index in [-0.39, 0.29) is 19.0 Å². The molecule has 4 N–H and O–H groups in total. The molecule has 1 amide bonds. The van der Waals surface area contributed by atoms with Gasteiger partial charge in [0.25, 0.3) is 5.91 Å². The molecule has 27 heavy (non-hydrogen) atoms. The van der Waals surface area contributed by atoms with E-state index in [1.54, 1.807) is 12.1 Å². The zero-order valence-electron chi connectivity index (χ0n) is 14.0. The highest BCUT2D eigenvalue weighted by atomic mass is 16.7. The summed E-state index contributed by atoms with van der Waals surface area (Å²) in [6, 6.07) is 9.03. The molecule has 11 nitrogen and oxygen atoms in total. The lowest BCUT2D eigenvalue weighted by Crippen LogP contribution is -2.34. The van der Waals surface area contributed by atoms with Crippen molar-refractivity contribution in [3.8, 4) is 0 Å². The number of aliphatic hydroxyl groups excluding tert-OH is 2. The number of amides is 1. The van der Waals surface area contributed by atoms with Gasteiger partial charge in [-0.2, -0.15) is 0 Å². The van der Waals surface area contributed by atoms with E-state index >= 15 is 0 Å². The molecule has 1 saturated heterocycles. The van der Waals surface area contributed by atoms with E-state index in [4.69, 9.17) is 19.9 Å². The molecule has 0 bridgehead atoms. The lowest BCUT2D eigenvalue weighted by atomic mass is 10.1. The van der Waals surface area contributed by atoms with Crippen molar-refractivity contribution in [3.05, 3.63) is 48.0 Å². The van der Waals surface area contributed by atoms with Gasteiger partial charge in [-0.1, -0.05) is 30.3 Å². The number of ether oxygens (including phenoxy) is 3. The molecule has 1 fully saturated rings. The van der Waals surface area contributed by atoms with E-state index in [1.807, 2.05) is 18.2 Å². The summed E-state index contributed by atoms with van der Waals surface area (Å²) in [5.41, 5.74) is 5.86. The number of benzene rings is 1. The third-order valence-corrected chi connectivity index (χ3v) is 3.89. The van der Waals surface area contributed by atoms with E-state index in [0.717, 1.165) is 16.6 Å². The van der Waals surface area contributed by atoms with Crippen molar-refractivity contribution in [1.82, 2.24) is 14.8 Å². The molecule has 144 valence electrons. The molecule has 2 aromatic rings. The van der Waals surface area contributed by atoms with Crippen LogP contribution < -0.4 is 5.73 Å². The van der Waals surface area contributed by atoms with Crippen LogP contribution in [0.15, 0.2) is 36.7 Å². The lowest BCUT2D eigenvalue weighted by Gasteiger charge is -2.14. The summed E-state index contributed by atoms with van der Waals surface area (Å²) >= 11 is 0. The van der Waals surface area contributed by atoms with Crippen LogP contribution in [0.3, 0.4) is 0 Å². The van der Waals surface area contributed by atoms with Gasteiger partial charge >= 0.3 is 6.16 Å². The third kappa shape index (κ3) is 4.39. The van der Waals surface area contributed by atoms with Crippen molar-refractivity contribution in [3.63, 3.8) is 0 Å². The largest absolute Gasteiger partial charge is 0.508 e. The highest BCUT2D eigenvalue weighted by Crippen LogP contribution is 2.29. The summed E-state index contributed by atoms with van der Waals surface area (Å²) in [5, 5.41) is 23.9. The Morgan fingerprint density at radius 1 is 1.19 bits per heavy atom. The van der Waals surface area contributed by atoms with E-state index in [1.165, 1.54) is 0 Å². The van der Waals surface area contributed by atoms with Gasteiger partial charge in [-0.25, -0.2) is 14.5 Å². The molecule has 0 spiro atoms. The van der Waals surface area contributed by atoms with Gasteiger partial charge in [-0.05, 0) is 5.56 Å². The minimum absolute atomic E-state index is 0.0356. The number of hydrogen-bond donors (Lipinski definition) is 3. The van der Waals surface area contributed by atoms with Gasteiger partial charge in [0.2, 0.25) is 5.82 Å². The summed E-state index contributed by atoms with van der Waals surface area (Å²) in [5.74, 6) is -1.10. The molecular weight excluding hydrogens is 360 g/mol. The van der Waals surface area contributed by atoms with Crippen LogP contribution in [0.1, 0.15) is 22.4 Å². The topological polar surface area (TPSA) is 159 Å². The van der Waals surface area contributed by atoms with E-state index in [2.05, 4.69) is 10.1 Å². The van der Waals surface area contributed by atoms with Gasteiger partial charge in [0.15, 0.2) is 6.23 Å². The van der Waals surface area contributed by atoms with E-state index in [0.29, 0.717) is 0 Å². The quantitative estimate of drug-likeness (QED) is 0.555. The molecule has 1 aliphatic heterocycles. The molecule has 3 rings (SSSR count). The third-order valence-electron chi connectivity index (χ3n) is 3.89. The number of aromatic nitrogens is 3. The Morgan fingerprint density at radius 2 is 1.93 bits per heavy atom. The van der Waals surface area contributed by atoms with Crippen LogP contribution >= 0.6 is 0 Å². The first-order valence-electron chi connectivity index (χ1n) is 8.01. The Balaban J connectivity index is 1.51. The van der Waals surface area contributed by atoms with Gasteiger partial charge in [0.1, 0.15) is 37.9 Å². The number of nitrogens with two attached hydrogens (primary N) is 1. The zero-order valence-corrected chi connectivity index (χ0v) is 14.0. The second-order valence-electron chi connectivity index (χ2n) is 5.79. The minimum Gasteiger partial charge on any atom is -0.431 e. The zero-order chi connectivity index (χ0) is 19.4. The first-order chi connectivity index (χ1) is 13.0. The number of aliphatic hydroxyl groups is 2. The number of primary amides is 1. The van der Waals surface area contributed by atoms with Crippen LogP contribution in [0.5, 0.6) is 0 Å². The molecular formula is C16H18N4O7. The van der Waals surface area contributed by atoms with Crippen molar-refractivity contribution in [1.29, 1.82) is 0 Å². The highest BCUT2D eigenvalue weighted by Gasteiger charge is 2.45. The van der Waals surface area contributed by atoms with Crippen molar-refractivity contribution in [2.24, 2.45) is 5.73 Å². The van der Waals surface area contributed by atoms with Crippen LogP contribution in [-0.4, -0.2) is 62.0 Å². The second kappa shape index (κ2) is 8.12. The molecule has 0 radical (unpaired) electrons. The average molecular weight is 378 g/mol. The molecule has 11 heteroatoms. The van der Waals surface area contributed by atoms with Gasteiger partial charge in [-0.3, -0.25) is 4.79 Å². The van der Waals surface area contributed by atoms with Gasteiger partial charge < -0.3 is 30.2 Å². The van der Waals surface area contributed by atoms with Crippen molar-refractivity contribution < 1.29 is 34.0 Å². The normalized spacial score (nSPS) is 24.5. The standard InChI is InChI=1S/C16H18N4O7/c17-13(23)14-18-8-20(19-14)15-12(22)11(21)10(27-15)7-26-16(24)25-6-9-4-2-1-3-5-9/h1-5,8,10-12,15,21-22H,6-7H2,(H2,17,23)/t10-,11?,12-,15-/m1/s1. The van der Waals surface area contributed by atoms with Crippen LogP contribution in [0.25, 0.3) is 0 Å². The number of hydrogen-bond acceptors (Lipinski definition) is 9. The maximum absolute atomic E-state index is 11.7. The number of nitrogens with zero attached hydrogens (tertiary/aromatic N) is 3. The predicted molar refractivity (Wildman–Crippen MR) is 87.0 cm³/mol. The second-order valence-corrected chi connectivity index (χ2v) is 5.79. The Hall–Kier alpha value is -3.02. The molecule has 0 aliphatic carbocycles. The van der Waals surface area contributed by atoms with Crippen LogP contribution in [-0.2, 0) is 20.8 Å². The van der Waals surface area contributed by atoms with Crippen molar-refractivity contribution in [2.45, 2.75) is 31.1 Å². The lowest BCUT2D eigenvalue weighted by molar-refractivity contribution is -0.0678. The fourth-order valence-corrected chi connectivity index (χ4v) is 2.50. The summed E-state index contributed by atoms with van der Waals surface area (Å²) < 4.78 is 16.4. The monoisotopic (exact) mass is 378 g/mol. The predicted octanol–water partition coefficient (Wildman–Crippen LogP) is -0.650. The minimum atomic E-state index is -1.37. The first kappa shape index (κ1) is 18.8. The maximum Gasteiger partial charge on any atom is 0.508 e. The van der Waals surface area contributed by atoms with Gasteiger partial charge in [0.05, 0.1) is 0 Å². The smallest absolute Gasteiger partial charge is 0.431 e. The van der Waals surface area contributed by atoms with E-state index in [9.17, 15) is 19.8 Å². The summed E-state index contributed by atoms with van der Waals surface area (Å²) in [6.45, 7) is -0.312. The molecule has 1 aromatic carbocycles. The van der Waals surface area contributed by atoms with Crippen LogP contribution in [0, 0.1) is 0 Å². The molecule has 1 unspecified atom stereocenters. The molecule has 0 saturated carbocycles. The molecule has 1 aromatic heterocycles. The summed E-state index contributed by atoms with van der Waals surface area (Å²) in [7, 11) is 0. The Morgan fingerprint density at radius 3 is 2.59 bits per heavy atom. The highest BCUT2D eigenvalue weighted by molar-refractivity contribution is 5.88. The number of rotatable bonds is 6.